The van der Waals surface area contributed by atoms with Gasteiger partial charge in [0.1, 0.15) is 5.82 Å². The van der Waals surface area contributed by atoms with Gasteiger partial charge in [0.25, 0.3) is 0 Å². The van der Waals surface area contributed by atoms with E-state index in [0.717, 1.165) is 47.2 Å². The summed E-state index contributed by atoms with van der Waals surface area (Å²) in [5, 5.41) is 5.81. The largest absolute Gasteiger partial charge is 0.378 e. The van der Waals surface area contributed by atoms with Crippen LogP contribution in [0.25, 0.3) is 11.4 Å². The van der Waals surface area contributed by atoms with Crippen LogP contribution in [-0.2, 0) is 17.0 Å². The summed E-state index contributed by atoms with van der Waals surface area (Å²) >= 11 is 1.74. The number of carbonyl (C=O) groups excluding carboxylic acids is 1. The Labute approximate surface area is 211 Å². The van der Waals surface area contributed by atoms with Crippen LogP contribution in [-0.4, -0.2) is 62.7 Å². The van der Waals surface area contributed by atoms with Gasteiger partial charge in [0.05, 0.1) is 18.9 Å². The summed E-state index contributed by atoms with van der Waals surface area (Å²) in [7, 11) is 3.99. The van der Waals surface area contributed by atoms with Gasteiger partial charge in [-0.05, 0) is 48.2 Å². The van der Waals surface area contributed by atoms with E-state index in [2.05, 4.69) is 33.9 Å². The second-order valence-corrected chi connectivity index (χ2v) is 9.39. The molecule has 1 aliphatic rings. The van der Waals surface area contributed by atoms with Gasteiger partial charge in [-0.2, -0.15) is 11.8 Å². The Hall–Kier alpha value is -3.30. The van der Waals surface area contributed by atoms with E-state index in [4.69, 9.17) is 14.7 Å². The normalized spacial score (nSPS) is 13.4. The molecule has 184 valence electrons. The highest BCUT2D eigenvalue weighted by Crippen LogP contribution is 2.24. The fourth-order valence-corrected chi connectivity index (χ4v) is 4.24. The maximum Gasteiger partial charge on any atom is 0.319 e. The van der Waals surface area contributed by atoms with Crippen LogP contribution >= 0.6 is 11.8 Å². The number of benzene rings is 2. The first-order valence-electron chi connectivity index (χ1n) is 11.6. The highest BCUT2D eigenvalue weighted by atomic mass is 32.2. The lowest BCUT2D eigenvalue weighted by molar-refractivity contribution is 0.122. The highest BCUT2D eigenvalue weighted by molar-refractivity contribution is 7.97. The van der Waals surface area contributed by atoms with Crippen LogP contribution in [0.4, 0.5) is 22.0 Å². The predicted molar refractivity (Wildman–Crippen MR) is 144 cm³/mol. The van der Waals surface area contributed by atoms with Gasteiger partial charge in [0.15, 0.2) is 5.82 Å². The maximum absolute atomic E-state index is 12.4. The summed E-state index contributed by atoms with van der Waals surface area (Å²) in [6.07, 6.45) is 2.07. The van der Waals surface area contributed by atoms with Gasteiger partial charge < -0.3 is 25.2 Å². The molecule has 1 aliphatic heterocycles. The molecule has 4 rings (SSSR count). The number of morpholine rings is 1. The molecule has 0 aliphatic carbocycles. The third-order valence-corrected chi connectivity index (χ3v) is 6.26. The molecule has 0 unspecified atom stereocenters. The number of hydrogen-bond acceptors (Lipinski definition) is 7. The second-order valence-electron chi connectivity index (χ2n) is 8.52. The van der Waals surface area contributed by atoms with Gasteiger partial charge in [0.2, 0.25) is 0 Å². The smallest absolute Gasteiger partial charge is 0.319 e. The fraction of sp³-hybridized carbons (Fsp3) is 0.346. The summed E-state index contributed by atoms with van der Waals surface area (Å²) in [6, 6.07) is 17.5. The SMILES string of the molecule is CSCc1cc(N2CCOCC2)nc(-c2ccc(NC(=O)NCc3cccc(N(C)C)c3)cc2)n1. The molecule has 3 aromatic rings. The molecule has 2 N–H and O–H groups in total. The predicted octanol–water partition coefficient (Wildman–Crippen LogP) is 4.23. The average Bonchev–Trinajstić information content (AvgIpc) is 2.88. The van der Waals surface area contributed by atoms with Gasteiger partial charge in [-0.15, -0.1) is 0 Å². The van der Waals surface area contributed by atoms with Crippen molar-refractivity contribution < 1.29 is 9.53 Å². The molecule has 1 fully saturated rings. The van der Waals surface area contributed by atoms with Crippen LogP contribution < -0.4 is 20.4 Å². The van der Waals surface area contributed by atoms with Gasteiger partial charge in [-0.3, -0.25) is 0 Å². The first kappa shape index (κ1) is 24.8. The number of ether oxygens (including phenoxy) is 1. The quantitative estimate of drug-likeness (QED) is 0.487. The molecule has 8 nitrogen and oxygen atoms in total. The Bertz CT molecular complexity index is 1130. The zero-order valence-electron chi connectivity index (χ0n) is 20.5. The highest BCUT2D eigenvalue weighted by Gasteiger charge is 2.16. The topological polar surface area (TPSA) is 82.6 Å². The van der Waals surface area contributed by atoms with Crippen molar-refractivity contribution in [1.82, 2.24) is 15.3 Å². The Kier molecular flexibility index (Phi) is 8.44. The third-order valence-electron chi connectivity index (χ3n) is 5.67. The molecule has 0 spiro atoms. The molecule has 1 aromatic heterocycles. The van der Waals surface area contributed by atoms with E-state index in [9.17, 15) is 4.79 Å². The van der Waals surface area contributed by atoms with E-state index >= 15 is 0 Å². The molecule has 0 atom stereocenters. The van der Waals surface area contributed by atoms with Crippen LogP contribution in [0.5, 0.6) is 0 Å². The molecule has 1 saturated heterocycles. The number of carbonyl (C=O) groups is 1. The third kappa shape index (κ3) is 6.86. The van der Waals surface area contributed by atoms with E-state index in [0.29, 0.717) is 31.3 Å². The van der Waals surface area contributed by atoms with Crippen LogP contribution in [0.2, 0.25) is 0 Å². The van der Waals surface area contributed by atoms with E-state index in [1.807, 2.05) is 61.5 Å². The van der Waals surface area contributed by atoms with Crippen molar-refractivity contribution in [2.75, 3.05) is 61.8 Å². The van der Waals surface area contributed by atoms with Gasteiger partial charge >= 0.3 is 6.03 Å². The van der Waals surface area contributed by atoms with Crippen molar-refractivity contribution in [2.24, 2.45) is 0 Å². The van der Waals surface area contributed by atoms with Crippen LogP contribution in [0, 0.1) is 0 Å². The standard InChI is InChI=1S/C26H32N6O2S/c1-31(2)23-6-4-5-19(15-23)17-27-26(33)29-21-9-7-20(8-10-21)25-28-22(18-35-3)16-24(30-25)32-11-13-34-14-12-32/h4-10,15-16H,11-14,17-18H2,1-3H3,(H2,27,29,33). The zero-order valence-corrected chi connectivity index (χ0v) is 21.3. The Morgan fingerprint density at radius 1 is 1.09 bits per heavy atom. The lowest BCUT2D eigenvalue weighted by Gasteiger charge is -2.28. The number of anilines is 3. The minimum atomic E-state index is -0.249. The number of nitrogens with zero attached hydrogens (tertiary/aromatic N) is 4. The summed E-state index contributed by atoms with van der Waals surface area (Å²) in [5.74, 6) is 2.45. The summed E-state index contributed by atoms with van der Waals surface area (Å²) < 4.78 is 5.48. The zero-order chi connectivity index (χ0) is 24.6. The molecule has 35 heavy (non-hydrogen) atoms. The number of amides is 2. The molecule has 0 bridgehead atoms. The summed E-state index contributed by atoms with van der Waals surface area (Å²) in [4.78, 5) is 26.3. The van der Waals surface area contributed by atoms with Crippen molar-refractivity contribution in [3.63, 3.8) is 0 Å². The first-order chi connectivity index (χ1) is 17.0. The number of hydrogen-bond donors (Lipinski definition) is 2. The Morgan fingerprint density at radius 2 is 1.86 bits per heavy atom. The fourth-order valence-electron chi connectivity index (χ4n) is 3.79. The van der Waals surface area contributed by atoms with Crippen LogP contribution in [0.1, 0.15) is 11.3 Å². The van der Waals surface area contributed by atoms with Crippen molar-refractivity contribution >= 4 is 35.0 Å². The molecule has 2 amide bonds. The monoisotopic (exact) mass is 492 g/mol. The van der Waals surface area contributed by atoms with Crippen molar-refractivity contribution in [2.45, 2.75) is 12.3 Å². The van der Waals surface area contributed by atoms with Crippen LogP contribution in [0.15, 0.2) is 54.6 Å². The van der Waals surface area contributed by atoms with Crippen molar-refractivity contribution in [1.29, 1.82) is 0 Å². The summed E-state index contributed by atoms with van der Waals surface area (Å²) in [6.45, 7) is 3.52. The molecule has 0 saturated carbocycles. The minimum Gasteiger partial charge on any atom is -0.378 e. The molecule has 2 heterocycles. The first-order valence-corrected chi connectivity index (χ1v) is 13.0. The number of aromatic nitrogens is 2. The van der Waals surface area contributed by atoms with Crippen LogP contribution in [0.3, 0.4) is 0 Å². The Morgan fingerprint density at radius 3 is 2.57 bits per heavy atom. The van der Waals surface area contributed by atoms with Crippen molar-refractivity contribution in [3.8, 4) is 11.4 Å². The average molecular weight is 493 g/mol. The number of rotatable bonds is 8. The Balaban J connectivity index is 1.41. The maximum atomic E-state index is 12.4. The van der Waals surface area contributed by atoms with E-state index in [1.165, 1.54) is 0 Å². The lowest BCUT2D eigenvalue weighted by atomic mass is 10.2. The number of urea groups is 1. The van der Waals surface area contributed by atoms with Crippen molar-refractivity contribution in [3.05, 3.63) is 65.9 Å². The molecular weight excluding hydrogens is 460 g/mol. The van der Waals surface area contributed by atoms with E-state index in [-0.39, 0.29) is 6.03 Å². The second kappa shape index (κ2) is 11.9. The van der Waals surface area contributed by atoms with Gasteiger partial charge in [-0.25, -0.2) is 14.8 Å². The number of thioether (sulfide) groups is 1. The lowest BCUT2D eigenvalue weighted by Crippen LogP contribution is -2.37. The van der Waals surface area contributed by atoms with E-state index in [1.54, 1.807) is 11.8 Å². The van der Waals surface area contributed by atoms with Gasteiger partial charge in [0, 0.05) is 62.5 Å². The molecule has 2 aromatic carbocycles. The van der Waals surface area contributed by atoms with Gasteiger partial charge in [-0.1, -0.05) is 12.1 Å². The number of nitrogens with one attached hydrogen (secondary N) is 2. The molecule has 0 radical (unpaired) electrons. The molecular formula is C26H32N6O2S. The summed E-state index contributed by atoms with van der Waals surface area (Å²) in [5.41, 5.74) is 4.76. The molecule has 9 heteroatoms. The minimum absolute atomic E-state index is 0.249. The van der Waals surface area contributed by atoms with E-state index < -0.39 is 0 Å².